The first-order chi connectivity index (χ1) is 13.4. The predicted octanol–water partition coefficient (Wildman–Crippen LogP) is 4.88. The molecule has 1 heterocycles. The van der Waals surface area contributed by atoms with Gasteiger partial charge >= 0.3 is 0 Å². The van der Waals surface area contributed by atoms with E-state index < -0.39 is 6.10 Å². The minimum Gasteiger partial charge on any atom is -0.481 e. The highest BCUT2D eigenvalue weighted by molar-refractivity contribution is 5.81. The van der Waals surface area contributed by atoms with Crippen molar-refractivity contribution >= 4 is 11.6 Å². The van der Waals surface area contributed by atoms with Crippen LogP contribution < -0.4 is 15.0 Å². The Morgan fingerprint density at radius 2 is 1.93 bits per heavy atom. The lowest BCUT2D eigenvalue weighted by Gasteiger charge is -2.33. The number of piperidine rings is 1. The molecule has 4 nitrogen and oxygen atoms in total. The molecule has 1 saturated heterocycles. The number of nitrogens with one attached hydrogen (secondary N) is 1. The summed E-state index contributed by atoms with van der Waals surface area (Å²) in [4.78, 5) is 15.0. The minimum absolute atomic E-state index is 0.0645. The summed E-state index contributed by atoms with van der Waals surface area (Å²) in [5, 5.41) is 3.06. The van der Waals surface area contributed by atoms with E-state index in [0.29, 0.717) is 0 Å². The molecule has 1 aliphatic rings. The van der Waals surface area contributed by atoms with Crippen LogP contribution >= 0.6 is 0 Å². The maximum atomic E-state index is 12.5. The van der Waals surface area contributed by atoms with Gasteiger partial charge in [-0.15, -0.1) is 0 Å². The zero-order valence-electron chi connectivity index (χ0n) is 17.4. The SMILES string of the molecule is Cc1cccc(O[C@@H](C)C(=O)N[C@@H](C)c2ccc(N3CCC[C@@H](C)C3)cc2)c1. The van der Waals surface area contributed by atoms with Gasteiger partial charge in [0.25, 0.3) is 5.91 Å². The quantitative estimate of drug-likeness (QED) is 0.777. The Balaban J connectivity index is 1.56. The molecule has 1 aliphatic heterocycles. The summed E-state index contributed by atoms with van der Waals surface area (Å²) in [6, 6.07) is 16.3. The summed E-state index contributed by atoms with van der Waals surface area (Å²) >= 11 is 0. The summed E-state index contributed by atoms with van der Waals surface area (Å²) in [6.07, 6.45) is 2.03. The van der Waals surface area contributed by atoms with E-state index >= 15 is 0 Å². The molecule has 0 unspecified atom stereocenters. The maximum Gasteiger partial charge on any atom is 0.261 e. The zero-order chi connectivity index (χ0) is 20.1. The van der Waals surface area contributed by atoms with E-state index in [2.05, 4.69) is 41.4 Å². The number of ether oxygens (including phenoxy) is 1. The van der Waals surface area contributed by atoms with Crippen LogP contribution in [-0.2, 0) is 4.79 Å². The van der Waals surface area contributed by atoms with Crippen molar-refractivity contribution in [2.24, 2.45) is 5.92 Å². The van der Waals surface area contributed by atoms with Crippen LogP contribution in [0.2, 0.25) is 0 Å². The van der Waals surface area contributed by atoms with E-state index in [4.69, 9.17) is 4.74 Å². The maximum absolute atomic E-state index is 12.5. The molecule has 1 fully saturated rings. The normalized spacial score (nSPS) is 19.0. The molecular formula is C24H32N2O2. The molecule has 150 valence electrons. The average molecular weight is 381 g/mol. The second kappa shape index (κ2) is 9.13. The molecule has 2 aromatic rings. The number of carbonyl (C=O) groups is 1. The van der Waals surface area contributed by atoms with Crippen LogP contribution in [0.25, 0.3) is 0 Å². The van der Waals surface area contributed by atoms with E-state index in [0.717, 1.165) is 35.9 Å². The zero-order valence-corrected chi connectivity index (χ0v) is 17.4. The molecule has 28 heavy (non-hydrogen) atoms. The van der Waals surface area contributed by atoms with Gasteiger partial charge in [-0.05, 0) is 74.9 Å². The van der Waals surface area contributed by atoms with Crippen molar-refractivity contribution in [2.75, 3.05) is 18.0 Å². The summed E-state index contributed by atoms with van der Waals surface area (Å²) in [7, 11) is 0. The number of aryl methyl sites for hydroxylation is 1. The van der Waals surface area contributed by atoms with Crippen LogP contribution in [0.4, 0.5) is 5.69 Å². The van der Waals surface area contributed by atoms with Crippen LogP contribution in [0.3, 0.4) is 0 Å². The fourth-order valence-electron chi connectivity index (χ4n) is 3.76. The van der Waals surface area contributed by atoms with Crippen LogP contribution in [0.1, 0.15) is 50.8 Å². The highest BCUT2D eigenvalue weighted by atomic mass is 16.5. The topological polar surface area (TPSA) is 41.6 Å². The summed E-state index contributed by atoms with van der Waals surface area (Å²) in [5.41, 5.74) is 3.48. The van der Waals surface area contributed by atoms with E-state index in [-0.39, 0.29) is 11.9 Å². The largest absolute Gasteiger partial charge is 0.481 e. The van der Waals surface area contributed by atoms with Gasteiger partial charge in [0.2, 0.25) is 0 Å². The molecule has 0 aromatic heterocycles. The van der Waals surface area contributed by atoms with Crippen molar-refractivity contribution in [1.82, 2.24) is 5.32 Å². The highest BCUT2D eigenvalue weighted by Gasteiger charge is 2.19. The van der Waals surface area contributed by atoms with Crippen molar-refractivity contribution in [2.45, 2.75) is 52.7 Å². The van der Waals surface area contributed by atoms with Gasteiger partial charge in [-0.1, -0.05) is 31.2 Å². The molecule has 0 saturated carbocycles. The number of hydrogen-bond donors (Lipinski definition) is 1. The van der Waals surface area contributed by atoms with Gasteiger partial charge in [-0.2, -0.15) is 0 Å². The molecule has 0 spiro atoms. The number of nitrogens with zero attached hydrogens (tertiary/aromatic N) is 1. The Morgan fingerprint density at radius 1 is 1.18 bits per heavy atom. The van der Waals surface area contributed by atoms with E-state index in [9.17, 15) is 4.79 Å². The van der Waals surface area contributed by atoms with Gasteiger partial charge in [0.05, 0.1) is 6.04 Å². The Bertz CT molecular complexity index is 787. The number of carbonyl (C=O) groups excluding carboxylic acids is 1. The first kappa shape index (κ1) is 20.2. The number of benzene rings is 2. The second-order valence-corrected chi connectivity index (χ2v) is 8.09. The highest BCUT2D eigenvalue weighted by Crippen LogP contribution is 2.24. The van der Waals surface area contributed by atoms with E-state index in [1.807, 2.05) is 38.1 Å². The lowest BCUT2D eigenvalue weighted by Crippen LogP contribution is -2.37. The van der Waals surface area contributed by atoms with Crippen LogP contribution in [0.15, 0.2) is 48.5 Å². The van der Waals surface area contributed by atoms with Crippen molar-refractivity contribution in [3.8, 4) is 5.75 Å². The molecule has 4 heteroatoms. The Kier molecular flexibility index (Phi) is 6.61. The molecule has 0 aliphatic carbocycles. The molecule has 1 N–H and O–H groups in total. The predicted molar refractivity (Wildman–Crippen MR) is 115 cm³/mol. The number of anilines is 1. The molecule has 3 rings (SSSR count). The Hall–Kier alpha value is -2.49. The Morgan fingerprint density at radius 3 is 2.61 bits per heavy atom. The summed E-state index contributed by atoms with van der Waals surface area (Å²) in [6.45, 7) is 10.4. The summed E-state index contributed by atoms with van der Waals surface area (Å²) < 4.78 is 5.78. The molecule has 0 bridgehead atoms. The monoisotopic (exact) mass is 380 g/mol. The standard InChI is InChI=1S/C24H32N2O2/c1-17-7-5-9-23(15-17)28-20(4)24(27)25-19(3)21-10-12-22(13-11-21)26-14-6-8-18(2)16-26/h5,7,9-13,15,18-20H,6,8,14,16H2,1-4H3,(H,25,27)/t18-,19+,20+/m1/s1. The smallest absolute Gasteiger partial charge is 0.261 e. The third-order valence-electron chi connectivity index (χ3n) is 5.45. The first-order valence-corrected chi connectivity index (χ1v) is 10.3. The van der Waals surface area contributed by atoms with Crippen molar-refractivity contribution in [1.29, 1.82) is 0 Å². The molecule has 1 amide bonds. The molecule has 3 atom stereocenters. The average Bonchev–Trinajstić information content (AvgIpc) is 2.68. The van der Waals surface area contributed by atoms with Crippen LogP contribution in [0, 0.1) is 12.8 Å². The fourth-order valence-corrected chi connectivity index (χ4v) is 3.76. The van der Waals surface area contributed by atoms with Gasteiger partial charge in [-0.3, -0.25) is 4.79 Å². The van der Waals surface area contributed by atoms with Gasteiger partial charge < -0.3 is 15.0 Å². The Labute approximate surface area is 168 Å². The molecular weight excluding hydrogens is 348 g/mol. The van der Waals surface area contributed by atoms with Gasteiger partial charge in [0.1, 0.15) is 5.75 Å². The first-order valence-electron chi connectivity index (χ1n) is 10.3. The third kappa shape index (κ3) is 5.28. The minimum atomic E-state index is -0.543. The van der Waals surface area contributed by atoms with E-state index in [1.54, 1.807) is 6.92 Å². The summed E-state index contributed by atoms with van der Waals surface area (Å²) in [5.74, 6) is 1.36. The van der Waals surface area contributed by atoms with Crippen molar-refractivity contribution in [3.05, 3.63) is 59.7 Å². The van der Waals surface area contributed by atoms with Crippen LogP contribution in [-0.4, -0.2) is 25.1 Å². The van der Waals surface area contributed by atoms with Crippen LogP contribution in [0.5, 0.6) is 5.75 Å². The van der Waals surface area contributed by atoms with E-state index in [1.165, 1.54) is 18.5 Å². The van der Waals surface area contributed by atoms with Gasteiger partial charge in [0.15, 0.2) is 6.10 Å². The third-order valence-corrected chi connectivity index (χ3v) is 5.45. The number of hydrogen-bond acceptors (Lipinski definition) is 3. The van der Waals surface area contributed by atoms with Crippen molar-refractivity contribution in [3.63, 3.8) is 0 Å². The molecule has 2 aromatic carbocycles. The molecule has 0 radical (unpaired) electrons. The second-order valence-electron chi connectivity index (χ2n) is 8.09. The number of amides is 1. The van der Waals surface area contributed by atoms with Crippen molar-refractivity contribution < 1.29 is 9.53 Å². The lowest BCUT2D eigenvalue weighted by molar-refractivity contribution is -0.127. The number of rotatable bonds is 6. The van der Waals surface area contributed by atoms with Gasteiger partial charge in [0, 0.05) is 18.8 Å². The van der Waals surface area contributed by atoms with Gasteiger partial charge in [-0.25, -0.2) is 0 Å². The lowest BCUT2D eigenvalue weighted by atomic mass is 9.99. The fraction of sp³-hybridized carbons (Fsp3) is 0.458.